The maximum Gasteiger partial charge on any atom is 0.224 e. The Morgan fingerprint density at radius 2 is 1.51 bits per heavy atom. The van der Waals surface area contributed by atoms with Gasteiger partial charge in [-0.2, -0.15) is 0 Å². The number of aromatic nitrogens is 1. The SMILES string of the molecule is CCCCCCCCCCCCCCOc1cccc(CC(=O)NCc2ccc[n+](CCC)c2)c1Cl.[I-]. The summed E-state index contributed by atoms with van der Waals surface area (Å²) in [6, 6.07) is 9.75. The van der Waals surface area contributed by atoms with E-state index in [-0.39, 0.29) is 36.3 Å². The lowest BCUT2D eigenvalue weighted by atomic mass is 10.1. The van der Waals surface area contributed by atoms with Crippen molar-refractivity contribution >= 4 is 17.5 Å². The number of pyridine rings is 1. The average molecular weight is 643 g/mol. The van der Waals surface area contributed by atoms with E-state index in [0.717, 1.165) is 30.5 Å². The molecular formula is C31H48ClIN2O2. The summed E-state index contributed by atoms with van der Waals surface area (Å²) < 4.78 is 8.10. The Balaban J connectivity index is 0.00000684. The Bertz CT molecular complexity index is 878. The van der Waals surface area contributed by atoms with Crippen LogP contribution in [-0.4, -0.2) is 12.5 Å². The molecule has 6 heteroatoms. The Kier molecular flexibility index (Phi) is 19.6. The summed E-state index contributed by atoms with van der Waals surface area (Å²) in [6.45, 7) is 6.58. The van der Waals surface area contributed by atoms with Gasteiger partial charge in [0.15, 0.2) is 12.4 Å². The van der Waals surface area contributed by atoms with Gasteiger partial charge in [0, 0.05) is 24.6 Å². The summed E-state index contributed by atoms with van der Waals surface area (Å²) in [5.41, 5.74) is 1.89. The molecule has 0 bridgehead atoms. The van der Waals surface area contributed by atoms with E-state index >= 15 is 0 Å². The first-order valence-electron chi connectivity index (χ1n) is 14.3. The number of carbonyl (C=O) groups is 1. The van der Waals surface area contributed by atoms with Crippen LogP contribution >= 0.6 is 11.6 Å². The molecule has 0 atom stereocenters. The van der Waals surface area contributed by atoms with Gasteiger partial charge < -0.3 is 34.0 Å². The fourth-order valence-corrected chi connectivity index (χ4v) is 4.69. The second-order valence-electron chi connectivity index (χ2n) is 9.87. The van der Waals surface area contributed by atoms with Gasteiger partial charge in [0.25, 0.3) is 0 Å². The van der Waals surface area contributed by atoms with E-state index in [9.17, 15) is 4.79 Å². The third-order valence-electron chi connectivity index (χ3n) is 6.54. The van der Waals surface area contributed by atoms with Crippen molar-refractivity contribution in [3.63, 3.8) is 0 Å². The van der Waals surface area contributed by atoms with Crippen molar-refractivity contribution in [2.75, 3.05) is 6.61 Å². The molecule has 0 spiro atoms. The molecule has 0 fully saturated rings. The van der Waals surface area contributed by atoms with E-state index in [4.69, 9.17) is 16.3 Å². The molecule has 0 aliphatic heterocycles. The molecule has 0 aliphatic carbocycles. The number of aryl methyl sites for hydroxylation is 1. The van der Waals surface area contributed by atoms with Gasteiger partial charge in [0.2, 0.25) is 5.91 Å². The number of ether oxygens (including phenoxy) is 1. The minimum atomic E-state index is -0.0408. The van der Waals surface area contributed by atoms with E-state index in [2.05, 4.69) is 36.1 Å². The molecule has 0 saturated heterocycles. The van der Waals surface area contributed by atoms with Gasteiger partial charge in [0.05, 0.1) is 18.1 Å². The lowest BCUT2D eigenvalue weighted by Gasteiger charge is -2.12. The number of unbranched alkanes of at least 4 members (excludes halogenated alkanes) is 11. The van der Waals surface area contributed by atoms with Crippen molar-refractivity contribution in [3.05, 3.63) is 58.9 Å². The van der Waals surface area contributed by atoms with Crippen molar-refractivity contribution in [2.24, 2.45) is 0 Å². The van der Waals surface area contributed by atoms with Crippen molar-refractivity contribution < 1.29 is 38.1 Å². The van der Waals surface area contributed by atoms with Crippen molar-refractivity contribution in [1.82, 2.24) is 5.32 Å². The van der Waals surface area contributed by atoms with Crippen LogP contribution in [0.1, 0.15) is 108 Å². The Morgan fingerprint density at radius 3 is 2.16 bits per heavy atom. The lowest BCUT2D eigenvalue weighted by molar-refractivity contribution is -0.697. The quantitative estimate of drug-likeness (QED) is 0.126. The molecule has 1 amide bonds. The molecule has 0 aliphatic rings. The summed E-state index contributed by atoms with van der Waals surface area (Å²) >= 11 is 6.57. The minimum Gasteiger partial charge on any atom is -1.00 e. The third-order valence-corrected chi connectivity index (χ3v) is 6.97. The smallest absolute Gasteiger partial charge is 0.224 e. The highest BCUT2D eigenvalue weighted by molar-refractivity contribution is 6.33. The fourth-order valence-electron chi connectivity index (χ4n) is 4.44. The maximum atomic E-state index is 12.5. The zero-order valence-corrected chi connectivity index (χ0v) is 26.0. The van der Waals surface area contributed by atoms with Crippen LogP contribution in [0.5, 0.6) is 5.75 Å². The fraction of sp³-hybridized carbons (Fsp3) is 0.613. The summed E-state index contributed by atoms with van der Waals surface area (Å²) in [4.78, 5) is 12.5. The summed E-state index contributed by atoms with van der Waals surface area (Å²) in [5.74, 6) is 0.634. The van der Waals surface area contributed by atoms with Gasteiger partial charge in [-0.05, 0) is 24.1 Å². The topological polar surface area (TPSA) is 42.2 Å². The monoisotopic (exact) mass is 642 g/mol. The molecule has 0 unspecified atom stereocenters. The van der Waals surface area contributed by atoms with Crippen LogP contribution in [0.15, 0.2) is 42.7 Å². The molecule has 1 aromatic heterocycles. The first-order chi connectivity index (χ1) is 17.6. The number of nitrogens with one attached hydrogen (secondary N) is 1. The molecule has 208 valence electrons. The summed E-state index contributed by atoms with van der Waals surface area (Å²) in [5, 5.41) is 3.56. The van der Waals surface area contributed by atoms with E-state index in [1.807, 2.05) is 30.3 Å². The predicted molar refractivity (Wildman–Crippen MR) is 151 cm³/mol. The molecular weight excluding hydrogens is 595 g/mol. The van der Waals surface area contributed by atoms with Gasteiger partial charge in [-0.1, -0.05) is 108 Å². The molecule has 0 radical (unpaired) electrons. The molecule has 1 aromatic carbocycles. The lowest BCUT2D eigenvalue weighted by Crippen LogP contribution is -3.00. The molecule has 2 rings (SSSR count). The average Bonchev–Trinajstić information content (AvgIpc) is 2.88. The standard InChI is InChI=1S/C31H47ClN2O2.HI/c1-3-5-6-7-8-9-10-11-12-13-14-15-23-36-29-20-16-19-28(31(29)32)24-30(35)33-25-27-18-17-22-34(26-27)21-4-2;/h16-20,22,26H,3-15,21,23-25H2,1-2H3;1H. The van der Waals surface area contributed by atoms with E-state index in [1.54, 1.807) is 0 Å². The van der Waals surface area contributed by atoms with Crippen LogP contribution in [0.3, 0.4) is 0 Å². The highest BCUT2D eigenvalue weighted by atomic mass is 127. The zero-order valence-electron chi connectivity index (χ0n) is 23.1. The first kappa shape index (κ1) is 33.7. The van der Waals surface area contributed by atoms with Gasteiger partial charge in [-0.15, -0.1) is 0 Å². The predicted octanol–water partition coefficient (Wildman–Crippen LogP) is 4.98. The number of halogens is 2. The van der Waals surface area contributed by atoms with E-state index in [1.165, 1.54) is 70.6 Å². The number of hydrogen-bond donors (Lipinski definition) is 1. The number of nitrogens with zero attached hydrogens (tertiary/aromatic N) is 1. The Labute approximate surface area is 247 Å². The highest BCUT2D eigenvalue weighted by Gasteiger charge is 2.12. The van der Waals surface area contributed by atoms with Gasteiger partial charge in [-0.3, -0.25) is 4.79 Å². The number of carbonyl (C=O) groups excluding carboxylic acids is 1. The largest absolute Gasteiger partial charge is 1.00 e. The van der Waals surface area contributed by atoms with Gasteiger partial charge in [-0.25, -0.2) is 4.57 Å². The Morgan fingerprint density at radius 1 is 0.865 bits per heavy atom. The number of hydrogen-bond acceptors (Lipinski definition) is 2. The van der Waals surface area contributed by atoms with Crippen LogP contribution in [0, 0.1) is 0 Å². The molecule has 0 saturated carbocycles. The molecule has 4 nitrogen and oxygen atoms in total. The summed E-state index contributed by atoms with van der Waals surface area (Å²) in [7, 11) is 0. The Hall–Kier alpha value is -1.34. The third kappa shape index (κ3) is 15.0. The normalized spacial score (nSPS) is 10.7. The van der Waals surface area contributed by atoms with E-state index < -0.39 is 0 Å². The van der Waals surface area contributed by atoms with Crippen molar-refractivity contribution in [2.45, 2.75) is 117 Å². The van der Waals surface area contributed by atoms with E-state index in [0.29, 0.717) is 23.9 Å². The number of amides is 1. The molecule has 37 heavy (non-hydrogen) atoms. The maximum absolute atomic E-state index is 12.5. The zero-order chi connectivity index (χ0) is 25.8. The highest BCUT2D eigenvalue weighted by Crippen LogP contribution is 2.28. The minimum absolute atomic E-state index is 0. The molecule has 1 N–H and O–H groups in total. The van der Waals surface area contributed by atoms with Crippen molar-refractivity contribution in [1.29, 1.82) is 0 Å². The van der Waals surface area contributed by atoms with Crippen LogP contribution in [-0.2, 0) is 24.3 Å². The van der Waals surface area contributed by atoms with Gasteiger partial charge >= 0.3 is 0 Å². The molecule has 1 heterocycles. The van der Waals surface area contributed by atoms with Crippen LogP contribution < -0.4 is 38.6 Å². The van der Waals surface area contributed by atoms with Crippen LogP contribution in [0.2, 0.25) is 5.02 Å². The first-order valence-corrected chi connectivity index (χ1v) is 14.7. The second kappa shape index (κ2) is 21.6. The van der Waals surface area contributed by atoms with Crippen molar-refractivity contribution in [3.8, 4) is 5.75 Å². The second-order valence-corrected chi connectivity index (χ2v) is 10.2. The summed E-state index contributed by atoms with van der Waals surface area (Å²) in [6.07, 6.45) is 21.3. The van der Waals surface area contributed by atoms with Crippen LogP contribution in [0.4, 0.5) is 0 Å². The number of rotatable bonds is 20. The molecule has 2 aromatic rings. The van der Waals surface area contributed by atoms with Gasteiger partial charge in [0.1, 0.15) is 12.3 Å². The van der Waals surface area contributed by atoms with Crippen LogP contribution in [0.25, 0.3) is 0 Å². The number of benzene rings is 1.